The zero-order valence-electron chi connectivity index (χ0n) is 22.8. The monoisotopic (exact) mass is 494 g/mol. The average Bonchev–Trinajstić information content (AvgIpc) is 3.42. The lowest BCUT2D eigenvalue weighted by atomic mass is 9.49. The first-order valence-corrected chi connectivity index (χ1v) is 14.4. The summed E-state index contributed by atoms with van der Waals surface area (Å²) >= 11 is 0. The minimum Gasteiger partial charge on any atom is -0.390 e. The van der Waals surface area contributed by atoms with Crippen molar-refractivity contribution in [2.24, 2.45) is 34.5 Å². The van der Waals surface area contributed by atoms with Crippen LogP contribution in [-0.2, 0) is 16.1 Å². The van der Waals surface area contributed by atoms with Crippen molar-refractivity contribution in [2.75, 3.05) is 13.7 Å². The minimum absolute atomic E-state index is 0.0816. The Kier molecular flexibility index (Phi) is 7.10. The lowest BCUT2D eigenvalue weighted by Gasteiger charge is -2.56. The molecule has 5 rings (SSSR count). The fraction of sp³-hybridized carbons (Fsp3) is 0.742. The molecule has 0 radical (unpaired) electrons. The van der Waals surface area contributed by atoms with Crippen LogP contribution < -0.4 is 0 Å². The van der Waals surface area contributed by atoms with E-state index in [-0.39, 0.29) is 16.7 Å². The molecular formula is C31H46N2O3. The first-order valence-electron chi connectivity index (χ1n) is 14.4. The van der Waals surface area contributed by atoms with Crippen LogP contribution in [0, 0.1) is 34.5 Å². The maximum atomic E-state index is 13.8. The van der Waals surface area contributed by atoms with Crippen LogP contribution in [0.1, 0.15) is 85.0 Å². The summed E-state index contributed by atoms with van der Waals surface area (Å²) in [7, 11) is 1.85. The summed E-state index contributed by atoms with van der Waals surface area (Å²) in [5.41, 5.74) is 1.71. The number of hydrogen-bond donors (Lipinski definition) is 1. The van der Waals surface area contributed by atoms with Crippen LogP contribution in [0.4, 0.5) is 0 Å². The minimum atomic E-state index is -0.539. The molecule has 2 aromatic rings. The zero-order valence-corrected chi connectivity index (χ0v) is 22.8. The molecule has 5 nitrogen and oxygen atoms in total. The number of ketones is 1. The predicted molar refractivity (Wildman–Crippen MR) is 144 cm³/mol. The second-order valence-corrected chi connectivity index (χ2v) is 13.0. The van der Waals surface area contributed by atoms with Gasteiger partial charge in [-0.3, -0.25) is 4.79 Å². The van der Waals surface area contributed by atoms with Gasteiger partial charge in [0.05, 0.1) is 36.1 Å². The van der Waals surface area contributed by atoms with Gasteiger partial charge in [-0.1, -0.05) is 38.8 Å². The Morgan fingerprint density at radius 3 is 2.56 bits per heavy atom. The molecule has 0 amide bonds. The van der Waals surface area contributed by atoms with Gasteiger partial charge < -0.3 is 14.4 Å². The molecule has 1 N–H and O–H groups in total. The number of ether oxygens (including phenoxy) is 1. The number of hydrogen-bond acceptors (Lipinski definition) is 4. The van der Waals surface area contributed by atoms with Gasteiger partial charge in [-0.2, -0.15) is 0 Å². The number of para-hydroxylation sites is 2. The molecule has 5 atom stereocenters. The highest BCUT2D eigenvalue weighted by Crippen LogP contribution is 2.64. The van der Waals surface area contributed by atoms with Crippen LogP contribution in [0.3, 0.4) is 0 Å². The third kappa shape index (κ3) is 4.45. The number of nitrogens with zero attached hydrogens (tertiary/aromatic N) is 2. The number of Topliss-reactive ketones (excluding diaryl/α,β-unsaturated/α-hetero) is 1. The first kappa shape index (κ1) is 25.9. The summed E-state index contributed by atoms with van der Waals surface area (Å²) in [5.74, 6) is 2.38. The highest BCUT2D eigenvalue weighted by atomic mass is 16.5. The van der Waals surface area contributed by atoms with E-state index in [0.29, 0.717) is 30.1 Å². The maximum absolute atomic E-state index is 13.8. The molecule has 3 saturated carbocycles. The maximum Gasteiger partial charge on any atom is 0.156 e. The standard InChI is InChI=1S/C31H46N2O3/c1-5-8-22-23-11-12-25(28(34)19-33-21-32-26-9-6-7-10-27(26)33)30(23,3)14-13-24(22)31(20-36-4)17-15-29(2,35)16-18-31/h6-7,9-10,21-25,35H,5,8,11-20H2,1-4H3/t22-,23-,24-,25+,29-,30-,31+/m0/s1. The van der Waals surface area contributed by atoms with E-state index in [1.165, 1.54) is 25.7 Å². The zero-order chi connectivity index (χ0) is 25.6. The Labute approximate surface area is 217 Å². The normalized spacial score (nSPS) is 38.8. The molecule has 0 spiro atoms. The van der Waals surface area contributed by atoms with Crippen LogP contribution >= 0.6 is 0 Å². The van der Waals surface area contributed by atoms with E-state index in [4.69, 9.17) is 4.74 Å². The number of carbonyl (C=O) groups is 1. The molecule has 3 aliphatic carbocycles. The van der Waals surface area contributed by atoms with Crippen LogP contribution in [0.5, 0.6) is 0 Å². The molecule has 5 heteroatoms. The van der Waals surface area contributed by atoms with Crippen molar-refractivity contribution in [3.8, 4) is 0 Å². The van der Waals surface area contributed by atoms with Crippen LogP contribution in [0.15, 0.2) is 30.6 Å². The van der Waals surface area contributed by atoms with Gasteiger partial charge in [0.1, 0.15) is 0 Å². The Hall–Kier alpha value is -1.72. The van der Waals surface area contributed by atoms with E-state index in [1.54, 1.807) is 0 Å². The van der Waals surface area contributed by atoms with Gasteiger partial charge in [-0.05, 0) is 99.0 Å². The Morgan fingerprint density at radius 1 is 1.08 bits per heavy atom. The lowest BCUT2D eigenvalue weighted by Crippen LogP contribution is -2.52. The summed E-state index contributed by atoms with van der Waals surface area (Å²) in [6, 6.07) is 8.10. The van der Waals surface area contributed by atoms with Crippen molar-refractivity contribution in [3.05, 3.63) is 30.6 Å². The van der Waals surface area contributed by atoms with Crippen molar-refractivity contribution in [3.63, 3.8) is 0 Å². The molecule has 0 saturated heterocycles. The van der Waals surface area contributed by atoms with Crippen LogP contribution in [-0.4, -0.2) is 39.8 Å². The van der Waals surface area contributed by atoms with Crippen molar-refractivity contribution in [1.29, 1.82) is 0 Å². The Bertz CT molecular complexity index is 1060. The van der Waals surface area contributed by atoms with Gasteiger partial charge in [0.2, 0.25) is 0 Å². The molecule has 3 aliphatic rings. The summed E-state index contributed by atoms with van der Waals surface area (Å²) in [6.07, 6.45) is 12.6. The molecule has 3 fully saturated rings. The molecule has 1 aromatic carbocycles. The van der Waals surface area contributed by atoms with E-state index < -0.39 is 5.60 Å². The number of benzene rings is 1. The van der Waals surface area contributed by atoms with Gasteiger partial charge in [-0.25, -0.2) is 4.98 Å². The largest absolute Gasteiger partial charge is 0.390 e. The second kappa shape index (κ2) is 9.87. The van der Waals surface area contributed by atoms with Crippen molar-refractivity contribution in [1.82, 2.24) is 9.55 Å². The van der Waals surface area contributed by atoms with Gasteiger partial charge in [0, 0.05) is 13.0 Å². The van der Waals surface area contributed by atoms with E-state index >= 15 is 0 Å². The number of aliphatic hydroxyl groups is 1. The number of fused-ring (bicyclic) bond motifs is 2. The highest BCUT2D eigenvalue weighted by molar-refractivity contribution is 5.84. The molecule has 36 heavy (non-hydrogen) atoms. The van der Waals surface area contributed by atoms with E-state index in [0.717, 1.165) is 56.2 Å². The topological polar surface area (TPSA) is 64.4 Å². The highest BCUT2D eigenvalue weighted by Gasteiger charge is 2.59. The Morgan fingerprint density at radius 2 is 1.83 bits per heavy atom. The molecule has 1 heterocycles. The number of rotatable bonds is 8. The fourth-order valence-electron chi connectivity index (χ4n) is 8.92. The molecule has 0 aliphatic heterocycles. The van der Waals surface area contributed by atoms with Gasteiger partial charge >= 0.3 is 0 Å². The number of carbonyl (C=O) groups excluding carboxylic acids is 1. The van der Waals surface area contributed by atoms with Crippen LogP contribution in [0.2, 0.25) is 0 Å². The predicted octanol–water partition coefficient (Wildman–Crippen LogP) is 6.42. The second-order valence-electron chi connectivity index (χ2n) is 13.0. The molecule has 198 valence electrons. The number of methoxy groups -OCH3 is 1. The number of aromatic nitrogens is 2. The molecule has 0 bridgehead atoms. The van der Waals surface area contributed by atoms with E-state index in [1.807, 2.05) is 43.1 Å². The molecule has 0 unspecified atom stereocenters. The SMILES string of the molecule is CCC[C@H]1[C@@H]2CC[C@H](C(=O)Cn3cnc4ccccc43)[C@@]2(C)CC[C@@H]1[C@]1(COC)CC[C@](C)(O)CC1. The summed E-state index contributed by atoms with van der Waals surface area (Å²) < 4.78 is 7.92. The third-order valence-corrected chi connectivity index (χ3v) is 10.8. The van der Waals surface area contributed by atoms with E-state index in [9.17, 15) is 9.90 Å². The number of imidazole rings is 1. The van der Waals surface area contributed by atoms with Gasteiger partial charge in [0.15, 0.2) is 5.78 Å². The lowest BCUT2D eigenvalue weighted by molar-refractivity contribution is -0.135. The average molecular weight is 495 g/mol. The van der Waals surface area contributed by atoms with Crippen LogP contribution in [0.25, 0.3) is 11.0 Å². The molecule has 1 aromatic heterocycles. The van der Waals surface area contributed by atoms with Crippen molar-refractivity contribution >= 4 is 16.8 Å². The summed E-state index contributed by atoms with van der Waals surface area (Å²) in [4.78, 5) is 18.3. The quantitative estimate of drug-likeness (QED) is 0.460. The van der Waals surface area contributed by atoms with Gasteiger partial charge in [-0.15, -0.1) is 0 Å². The van der Waals surface area contributed by atoms with E-state index in [2.05, 4.69) is 24.9 Å². The molecular weight excluding hydrogens is 448 g/mol. The van der Waals surface area contributed by atoms with Gasteiger partial charge in [0.25, 0.3) is 0 Å². The Balaban J connectivity index is 1.38. The summed E-state index contributed by atoms with van der Waals surface area (Å²) in [5, 5.41) is 10.7. The smallest absolute Gasteiger partial charge is 0.156 e. The third-order valence-electron chi connectivity index (χ3n) is 10.8. The fourth-order valence-corrected chi connectivity index (χ4v) is 8.92. The van der Waals surface area contributed by atoms with Crippen molar-refractivity contribution < 1.29 is 14.6 Å². The van der Waals surface area contributed by atoms with Crippen molar-refractivity contribution in [2.45, 2.75) is 97.1 Å². The first-order chi connectivity index (χ1) is 17.2. The summed E-state index contributed by atoms with van der Waals surface area (Å²) in [6.45, 7) is 7.99.